The molecule has 0 amide bonds. The molecule has 2 nitrogen and oxygen atoms in total. The van der Waals surface area contributed by atoms with E-state index in [9.17, 15) is 0 Å². The van der Waals surface area contributed by atoms with E-state index in [0.717, 1.165) is 13.0 Å². The smallest absolute Gasteiger partial charge is 0.0361 e. The van der Waals surface area contributed by atoms with Gasteiger partial charge in [-0.3, -0.25) is 0 Å². The SMILES string of the molecule is Cl.Cl.NCCNC(Cc1ccccc1)c1ccccc1. The number of halogens is 2. The largest absolute Gasteiger partial charge is 0.329 e. The van der Waals surface area contributed by atoms with Crippen molar-refractivity contribution in [3.63, 3.8) is 0 Å². The van der Waals surface area contributed by atoms with E-state index in [1.807, 2.05) is 12.1 Å². The summed E-state index contributed by atoms with van der Waals surface area (Å²) in [6.45, 7) is 1.50. The second-order valence-corrected chi connectivity index (χ2v) is 4.40. The lowest BCUT2D eigenvalue weighted by molar-refractivity contribution is 0.538. The van der Waals surface area contributed by atoms with Crippen LogP contribution in [-0.4, -0.2) is 13.1 Å². The van der Waals surface area contributed by atoms with Gasteiger partial charge in [-0.05, 0) is 17.5 Å². The van der Waals surface area contributed by atoms with Crippen LogP contribution in [0.3, 0.4) is 0 Å². The molecule has 0 aromatic heterocycles. The minimum Gasteiger partial charge on any atom is -0.329 e. The van der Waals surface area contributed by atoms with E-state index in [4.69, 9.17) is 5.73 Å². The highest BCUT2D eigenvalue weighted by Gasteiger charge is 2.10. The number of hydrogen-bond acceptors (Lipinski definition) is 2. The molecule has 0 saturated carbocycles. The fourth-order valence-corrected chi connectivity index (χ4v) is 2.10. The summed E-state index contributed by atoms with van der Waals surface area (Å²) in [5, 5.41) is 3.51. The normalized spacial score (nSPS) is 11.1. The fraction of sp³-hybridized carbons (Fsp3) is 0.250. The van der Waals surface area contributed by atoms with Gasteiger partial charge < -0.3 is 11.1 Å². The van der Waals surface area contributed by atoms with Crippen molar-refractivity contribution in [2.45, 2.75) is 12.5 Å². The van der Waals surface area contributed by atoms with Crippen LogP contribution in [0.15, 0.2) is 60.7 Å². The first-order chi connectivity index (χ1) is 8.90. The van der Waals surface area contributed by atoms with Crippen molar-refractivity contribution in [1.82, 2.24) is 5.32 Å². The van der Waals surface area contributed by atoms with Gasteiger partial charge in [0.2, 0.25) is 0 Å². The number of nitrogens with one attached hydrogen (secondary N) is 1. The summed E-state index contributed by atoms with van der Waals surface area (Å²) >= 11 is 0. The minimum absolute atomic E-state index is 0. The molecule has 2 aromatic rings. The highest BCUT2D eigenvalue weighted by molar-refractivity contribution is 5.85. The van der Waals surface area contributed by atoms with Crippen LogP contribution in [0.1, 0.15) is 17.2 Å². The molecular formula is C16H22Cl2N2. The molecule has 3 N–H and O–H groups in total. The number of nitrogens with two attached hydrogens (primary N) is 1. The Hall–Kier alpha value is -1.06. The summed E-state index contributed by atoms with van der Waals surface area (Å²) in [5.74, 6) is 0. The second-order valence-electron chi connectivity index (χ2n) is 4.40. The molecule has 0 bridgehead atoms. The van der Waals surface area contributed by atoms with Crippen molar-refractivity contribution in [2.24, 2.45) is 5.73 Å². The van der Waals surface area contributed by atoms with Gasteiger partial charge in [0.05, 0.1) is 0 Å². The van der Waals surface area contributed by atoms with E-state index in [0.29, 0.717) is 12.6 Å². The summed E-state index contributed by atoms with van der Waals surface area (Å²) in [6.07, 6.45) is 0.991. The third-order valence-electron chi connectivity index (χ3n) is 3.02. The van der Waals surface area contributed by atoms with Gasteiger partial charge >= 0.3 is 0 Å². The molecule has 1 unspecified atom stereocenters. The molecule has 0 radical (unpaired) electrons. The van der Waals surface area contributed by atoms with Gasteiger partial charge in [-0.15, -0.1) is 24.8 Å². The standard InChI is InChI=1S/C16H20N2.2ClH/c17-11-12-18-16(15-9-5-2-6-10-15)13-14-7-3-1-4-8-14;;/h1-10,16,18H,11-13,17H2;2*1H. The van der Waals surface area contributed by atoms with Gasteiger partial charge in [-0.2, -0.15) is 0 Å². The first-order valence-electron chi connectivity index (χ1n) is 6.42. The Morgan fingerprint density at radius 3 is 1.95 bits per heavy atom. The molecule has 1 atom stereocenters. The van der Waals surface area contributed by atoms with Gasteiger partial charge in [0.25, 0.3) is 0 Å². The molecule has 0 aliphatic rings. The zero-order chi connectivity index (χ0) is 12.6. The summed E-state index contributed by atoms with van der Waals surface area (Å²) in [7, 11) is 0. The van der Waals surface area contributed by atoms with Gasteiger partial charge in [-0.1, -0.05) is 60.7 Å². The maximum atomic E-state index is 5.59. The molecule has 2 rings (SSSR count). The van der Waals surface area contributed by atoms with Gasteiger partial charge in [-0.25, -0.2) is 0 Å². The fourth-order valence-electron chi connectivity index (χ4n) is 2.10. The quantitative estimate of drug-likeness (QED) is 0.858. The van der Waals surface area contributed by atoms with Crippen molar-refractivity contribution in [2.75, 3.05) is 13.1 Å². The first kappa shape index (κ1) is 18.9. The second kappa shape index (κ2) is 10.7. The monoisotopic (exact) mass is 312 g/mol. The molecule has 0 aliphatic carbocycles. The van der Waals surface area contributed by atoms with Gasteiger partial charge in [0.1, 0.15) is 0 Å². The average Bonchev–Trinajstić information content (AvgIpc) is 2.45. The van der Waals surface area contributed by atoms with Crippen LogP contribution in [0.25, 0.3) is 0 Å². The highest BCUT2D eigenvalue weighted by Crippen LogP contribution is 2.17. The predicted octanol–water partition coefficient (Wildman–Crippen LogP) is 3.36. The highest BCUT2D eigenvalue weighted by atomic mass is 35.5. The van der Waals surface area contributed by atoms with Crippen molar-refractivity contribution < 1.29 is 0 Å². The van der Waals surface area contributed by atoms with Gasteiger partial charge in [0.15, 0.2) is 0 Å². The average molecular weight is 313 g/mol. The van der Waals surface area contributed by atoms with Crippen LogP contribution in [0, 0.1) is 0 Å². The third kappa shape index (κ3) is 5.93. The van der Waals surface area contributed by atoms with Crippen LogP contribution in [0.2, 0.25) is 0 Å². The van der Waals surface area contributed by atoms with E-state index >= 15 is 0 Å². The van der Waals surface area contributed by atoms with E-state index in [-0.39, 0.29) is 24.8 Å². The molecule has 20 heavy (non-hydrogen) atoms. The lowest BCUT2D eigenvalue weighted by Crippen LogP contribution is -2.28. The van der Waals surface area contributed by atoms with Crippen LogP contribution in [-0.2, 0) is 6.42 Å². The zero-order valence-corrected chi connectivity index (χ0v) is 13.0. The Bertz CT molecular complexity index is 449. The maximum Gasteiger partial charge on any atom is 0.0361 e. The Morgan fingerprint density at radius 1 is 0.850 bits per heavy atom. The molecule has 0 spiro atoms. The summed E-state index contributed by atoms with van der Waals surface area (Å²) in [5.41, 5.74) is 8.24. The van der Waals surface area contributed by atoms with E-state index < -0.39 is 0 Å². The van der Waals surface area contributed by atoms with Crippen molar-refractivity contribution in [3.8, 4) is 0 Å². The predicted molar refractivity (Wildman–Crippen MR) is 90.9 cm³/mol. The van der Waals surface area contributed by atoms with Crippen LogP contribution in [0.5, 0.6) is 0 Å². The summed E-state index contributed by atoms with van der Waals surface area (Å²) < 4.78 is 0. The van der Waals surface area contributed by atoms with Crippen LogP contribution in [0.4, 0.5) is 0 Å². The Kier molecular flexibility index (Phi) is 10.1. The molecule has 4 heteroatoms. The molecule has 0 saturated heterocycles. The molecule has 2 aromatic carbocycles. The van der Waals surface area contributed by atoms with Gasteiger partial charge in [0, 0.05) is 19.1 Å². The number of benzene rings is 2. The summed E-state index contributed by atoms with van der Waals surface area (Å²) in [6, 6.07) is 21.4. The summed E-state index contributed by atoms with van der Waals surface area (Å²) in [4.78, 5) is 0. The molecule has 0 heterocycles. The van der Waals surface area contributed by atoms with Crippen molar-refractivity contribution >= 4 is 24.8 Å². The Balaban J connectivity index is 0.00000180. The topological polar surface area (TPSA) is 38.0 Å². The zero-order valence-electron chi connectivity index (χ0n) is 11.4. The third-order valence-corrected chi connectivity index (χ3v) is 3.02. The van der Waals surface area contributed by atoms with Crippen LogP contribution < -0.4 is 11.1 Å². The lowest BCUT2D eigenvalue weighted by atomic mass is 9.99. The number of hydrogen-bond donors (Lipinski definition) is 2. The number of rotatable bonds is 6. The minimum atomic E-state index is 0. The first-order valence-corrected chi connectivity index (χ1v) is 6.42. The Labute approximate surface area is 133 Å². The van der Waals surface area contributed by atoms with Crippen molar-refractivity contribution in [3.05, 3.63) is 71.8 Å². The lowest BCUT2D eigenvalue weighted by Gasteiger charge is -2.19. The molecule has 0 aliphatic heterocycles. The van der Waals surface area contributed by atoms with Crippen LogP contribution >= 0.6 is 24.8 Å². The molecule has 0 fully saturated rings. The Morgan fingerprint density at radius 2 is 1.40 bits per heavy atom. The van der Waals surface area contributed by atoms with E-state index in [1.54, 1.807) is 0 Å². The van der Waals surface area contributed by atoms with E-state index in [2.05, 4.69) is 53.8 Å². The van der Waals surface area contributed by atoms with E-state index in [1.165, 1.54) is 11.1 Å². The maximum absolute atomic E-state index is 5.59. The molecular weight excluding hydrogens is 291 g/mol. The van der Waals surface area contributed by atoms with Crippen molar-refractivity contribution in [1.29, 1.82) is 0 Å². The molecule has 110 valence electrons.